The van der Waals surface area contributed by atoms with Crippen molar-refractivity contribution in [2.75, 3.05) is 7.11 Å². The van der Waals surface area contributed by atoms with Gasteiger partial charge in [-0.15, -0.1) is 0 Å². The standard InChI is InChI=1S/C16H24O/c1-14-9-8-11-15(13-14)10-6-5-7-12-16(2,3)17-4/h6,8-11,13H,5,7,12H2,1-4H3/b10-6+. The molecule has 1 aromatic carbocycles. The van der Waals surface area contributed by atoms with Crippen molar-refractivity contribution in [2.45, 2.75) is 45.6 Å². The number of ether oxygens (including phenoxy) is 1. The zero-order valence-corrected chi connectivity index (χ0v) is 11.5. The summed E-state index contributed by atoms with van der Waals surface area (Å²) >= 11 is 0. The van der Waals surface area contributed by atoms with Crippen LogP contribution in [0.1, 0.15) is 44.2 Å². The summed E-state index contributed by atoms with van der Waals surface area (Å²) in [5.74, 6) is 0. The zero-order chi connectivity index (χ0) is 12.7. The average Bonchev–Trinajstić information content (AvgIpc) is 2.29. The first kappa shape index (κ1) is 14.0. The number of hydrogen-bond donors (Lipinski definition) is 0. The lowest BCUT2D eigenvalue weighted by atomic mass is 10.0. The van der Waals surface area contributed by atoms with Crippen molar-refractivity contribution in [3.05, 3.63) is 41.5 Å². The Morgan fingerprint density at radius 2 is 2.06 bits per heavy atom. The lowest BCUT2D eigenvalue weighted by molar-refractivity contribution is 0.0141. The molecule has 0 radical (unpaired) electrons. The summed E-state index contributed by atoms with van der Waals surface area (Å²) in [5.41, 5.74) is 2.61. The van der Waals surface area contributed by atoms with Gasteiger partial charge >= 0.3 is 0 Å². The molecule has 1 heteroatoms. The molecule has 0 bridgehead atoms. The highest BCUT2D eigenvalue weighted by atomic mass is 16.5. The maximum absolute atomic E-state index is 5.39. The van der Waals surface area contributed by atoms with Gasteiger partial charge in [-0.25, -0.2) is 0 Å². The predicted octanol–water partition coefficient (Wildman–Crippen LogP) is 4.60. The van der Waals surface area contributed by atoms with E-state index in [-0.39, 0.29) is 5.60 Å². The van der Waals surface area contributed by atoms with Crippen LogP contribution in [0, 0.1) is 6.92 Å². The molecule has 0 saturated heterocycles. The Kier molecular flexibility index (Phi) is 5.43. The van der Waals surface area contributed by atoms with Gasteiger partial charge in [0.15, 0.2) is 0 Å². The largest absolute Gasteiger partial charge is 0.379 e. The summed E-state index contributed by atoms with van der Waals surface area (Å²) in [6, 6.07) is 8.57. The van der Waals surface area contributed by atoms with Gasteiger partial charge in [0, 0.05) is 7.11 Å². The van der Waals surface area contributed by atoms with Crippen LogP contribution in [0.3, 0.4) is 0 Å². The van der Waals surface area contributed by atoms with Gasteiger partial charge in [0.2, 0.25) is 0 Å². The van der Waals surface area contributed by atoms with Crippen molar-refractivity contribution in [3.8, 4) is 0 Å². The lowest BCUT2D eigenvalue weighted by Gasteiger charge is -2.22. The van der Waals surface area contributed by atoms with E-state index in [1.54, 1.807) is 7.11 Å². The van der Waals surface area contributed by atoms with Crippen LogP contribution >= 0.6 is 0 Å². The van der Waals surface area contributed by atoms with Crippen molar-refractivity contribution in [1.82, 2.24) is 0 Å². The van der Waals surface area contributed by atoms with Crippen LogP contribution in [-0.2, 0) is 4.74 Å². The van der Waals surface area contributed by atoms with Crippen LogP contribution < -0.4 is 0 Å². The van der Waals surface area contributed by atoms with Gasteiger partial charge in [0.1, 0.15) is 0 Å². The second-order valence-electron chi connectivity index (χ2n) is 5.17. The summed E-state index contributed by atoms with van der Waals surface area (Å²) < 4.78 is 5.39. The van der Waals surface area contributed by atoms with Crippen molar-refractivity contribution in [2.24, 2.45) is 0 Å². The molecule has 0 spiro atoms. The molecule has 0 unspecified atom stereocenters. The van der Waals surface area contributed by atoms with Crippen LogP contribution in [0.25, 0.3) is 6.08 Å². The topological polar surface area (TPSA) is 9.23 Å². The molecule has 0 fully saturated rings. The highest BCUT2D eigenvalue weighted by Crippen LogP contribution is 2.17. The SMILES string of the molecule is COC(C)(C)CCC/C=C/c1cccc(C)c1. The Hall–Kier alpha value is -1.08. The van der Waals surface area contributed by atoms with Crippen LogP contribution in [0.15, 0.2) is 30.3 Å². The van der Waals surface area contributed by atoms with E-state index in [0.717, 1.165) is 12.8 Å². The first-order valence-corrected chi connectivity index (χ1v) is 6.32. The summed E-state index contributed by atoms with van der Waals surface area (Å²) in [4.78, 5) is 0. The summed E-state index contributed by atoms with van der Waals surface area (Å²) in [6.45, 7) is 6.40. The Morgan fingerprint density at radius 3 is 2.71 bits per heavy atom. The molecular weight excluding hydrogens is 208 g/mol. The number of allylic oxidation sites excluding steroid dienone is 1. The number of benzene rings is 1. The Morgan fingerprint density at radius 1 is 1.29 bits per heavy atom. The van der Waals surface area contributed by atoms with Gasteiger partial charge in [0.05, 0.1) is 5.60 Å². The normalized spacial score (nSPS) is 12.2. The molecule has 94 valence electrons. The monoisotopic (exact) mass is 232 g/mol. The molecule has 0 aliphatic carbocycles. The molecule has 0 atom stereocenters. The number of aryl methyl sites for hydroxylation is 1. The molecule has 0 heterocycles. The number of rotatable bonds is 6. The Labute approximate surface area is 106 Å². The molecule has 0 aliphatic rings. The van der Waals surface area contributed by atoms with Crippen LogP contribution in [0.4, 0.5) is 0 Å². The van der Waals surface area contributed by atoms with Gasteiger partial charge in [-0.3, -0.25) is 0 Å². The van der Waals surface area contributed by atoms with Crippen LogP contribution in [-0.4, -0.2) is 12.7 Å². The van der Waals surface area contributed by atoms with E-state index < -0.39 is 0 Å². The third kappa shape index (κ3) is 5.69. The molecular formula is C16H24O. The molecule has 1 nitrogen and oxygen atoms in total. The molecule has 0 aliphatic heterocycles. The van der Waals surface area contributed by atoms with Gasteiger partial charge < -0.3 is 4.74 Å². The first-order valence-electron chi connectivity index (χ1n) is 6.32. The van der Waals surface area contributed by atoms with Crippen molar-refractivity contribution in [1.29, 1.82) is 0 Å². The summed E-state index contributed by atoms with van der Waals surface area (Å²) in [7, 11) is 1.78. The van der Waals surface area contributed by atoms with Crippen LogP contribution in [0.5, 0.6) is 0 Å². The van der Waals surface area contributed by atoms with Gasteiger partial charge in [-0.1, -0.05) is 42.0 Å². The van der Waals surface area contributed by atoms with E-state index in [1.165, 1.54) is 17.5 Å². The second-order valence-corrected chi connectivity index (χ2v) is 5.17. The maximum Gasteiger partial charge on any atom is 0.0622 e. The predicted molar refractivity (Wildman–Crippen MR) is 75.2 cm³/mol. The van der Waals surface area contributed by atoms with E-state index in [2.05, 4.69) is 57.2 Å². The number of methoxy groups -OCH3 is 1. The molecule has 0 amide bonds. The third-order valence-corrected chi connectivity index (χ3v) is 3.05. The van der Waals surface area contributed by atoms with Crippen molar-refractivity contribution in [3.63, 3.8) is 0 Å². The molecule has 0 N–H and O–H groups in total. The average molecular weight is 232 g/mol. The number of hydrogen-bond acceptors (Lipinski definition) is 1. The van der Waals surface area contributed by atoms with Crippen molar-refractivity contribution < 1.29 is 4.74 Å². The minimum atomic E-state index is 0.0111. The maximum atomic E-state index is 5.39. The van der Waals surface area contributed by atoms with E-state index in [1.807, 2.05) is 0 Å². The zero-order valence-electron chi connectivity index (χ0n) is 11.5. The minimum Gasteiger partial charge on any atom is -0.379 e. The smallest absolute Gasteiger partial charge is 0.0622 e. The van der Waals surface area contributed by atoms with E-state index >= 15 is 0 Å². The fourth-order valence-electron chi connectivity index (χ4n) is 1.74. The molecule has 0 saturated carbocycles. The van der Waals surface area contributed by atoms with Crippen LogP contribution in [0.2, 0.25) is 0 Å². The summed E-state index contributed by atoms with van der Waals surface area (Å²) in [6.07, 6.45) is 7.83. The van der Waals surface area contributed by atoms with Gasteiger partial charge in [0.25, 0.3) is 0 Å². The Bertz CT molecular complexity index is 364. The fraction of sp³-hybridized carbons (Fsp3) is 0.500. The fourth-order valence-corrected chi connectivity index (χ4v) is 1.74. The lowest BCUT2D eigenvalue weighted by Crippen LogP contribution is -2.21. The second kappa shape index (κ2) is 6.61. The molecule has 1 rings (SSSR count). The van der Waals surface area contributed by atoms with Gasteiger partial charge in [-0.05, 0) is 45.6 Å². The quantitative estimate of drug-likeness (QED) is 0.651. The number of unbranched alkanes of at least 4 members (excludes halogenated alkanes) is 1. The highest BCUT2D eigenvalue weighted by Gasteiger charge is 2.14. The minimum absolute atomic E-state index is 0.0111. The molecule has 17 heavy (non-hydrogen) atoms. The summed E-state index contributed by atoms with van der Waals surface area (Å²) in [5, 5.41) is 0. The highest BCUT2D eigenvalue weighted by molar-refractivity contribution is 5.49. The first-order chi connectivity index (χ1) is 8.03. The van der Waals surface area contributed by atoms with E-state index in [0.29, 0.717) is 0 Å². The Balaban J connectivity index is 2.32. The molecule has 0 aromatic heterocycles. The van der Waals surface area contributed by atoms with E-state index in [4.69, 9.17) is 4.74 Å². The molecule has 1 aromatic rings. The van der Waals surface area contributed by atoms with Crippen molar-refractivity contribution >= 4 is 6.08 Å². The van der Waals surface area contributed by atoms with Gasteiger partial charge in [-0.2, -0.15) is 0 Å². The third-order valence-electron chi connectivity index (χ3n) is 3.05. The van der Waals surface area contributed by atoms with E-state index in [9.17, 15) is 0 Å².